The molecule has 0 saturated carbocycles. The maximum absolute atomic E-state index is 10.7. The van der Waals surface area contributed by atoms with Gasteiger partial charge in [0, 0.05) is 21.5 Å². The molecule has 0 fully saturated rings. The Kier molecular flexibility index (Phi) is 3.40. The molecule has 4 nitrogen and oxygen atoms in total. The zero-order valence-corrected chi connectivity index (χ0v) is 10.4. The van der Waals surface area contributed by atoms with Gasteiger partial charge in [-0.25, -0.2) is 4.79 Å². The van der Waals surface area contributed by atoms with Crippen LogP contribution in [-0.2, 0) is 0 Å². The molecule has 6 heteroatoms. The third-order valence-electron chi connectivity index (χ3n) is 2.12. The fourth-order valence-electron chi connectivity index (χ4n) is 1.34. The number of hydrogen-bond donors (Lipinski definition) is 1. The lowest BCUT2D eigenvalue weighted by molar-refractivity contribution is 0.0652. The van der Waals surface area contributed by atoms with Crippen LogP contribution in [0, 0.1) is 0 Å². The molecule has 1 N–H and O–H groups in total. The van der Waals surface area contributed by atoms with Crippen LogP contribution in [0.2, 0.25) is 5.02 Å². The van der Waals surface area contributed by atoms with Crippen LogP contribution in [0.4, 0.5) is 0 Å². The van der Waals surface area contributed by atoms with E-state index in [2.05, 4.69) is 5.16 Å². The smallest absolute Gasteiger partial charge is 0.374 e. The van der Waals surface area contributed by atoms with Crippen molar-refractivity contribution >= 4 is 29.3 Å². The van der Waals surface area contributed by atoms with Crippen molar-refractivity contribution in [2.45, 2.75) is 4.90 Å². The Morgan fingerprint density at radius 2 is 2.18 bits per heavy atom. The predicted octanol–water partition coefficient (Wildman–Crippen LogP) is 3.42. The molecule has 0 atom stereocenters. The molecule has 0 aliphatic rings. The number of rotatable bonds is 3. The molecule has 88 valence electrons. The van der Waals surface area contributed by atoms with Gasteiger partial charge in [-0.05, 0) is 24.5 Å². The second-order valence-electron chi connectivity index (χ2n) is 3.26. The van der Waals surface area contributed by atoms with Crippen molar-refractivity contribution in [3.63, 3.8) is 0 Å². The van der Waals surface area contributed by atoms with Gasteiger partial charge in [-0.3, -0.25) is 0 Å². The van der Waals surface area contributed by atoms with Gasteiger partial charge in [0.05, 0.1) is 0 Å². The van der Waals surface area contributed by atoms with Crippen LogP contribution in [0.25, 0.3) is 11.3 Å². The number of benzene rings is 1. The van der Waals surface area contributed by atoms with E-state index < -0.39 is 5.97 Å². The molecule has 17 heavy (non-hydrogen) atoms. The van der Waals surface area contributed by atoms with Crippen LogP contribution in [-0.4, -0.2) is 22.5 Å². The SMILES string of the molecule is CSc1cc(Cl)cc(-c2cc(C(=O)O)on2)c1. The Labute approximate surface area is 107 Å². The number of halogens is 1. The van der Waals surface area contributed by atoms with Gasteiger partial charge in [0.1, 0.15) is 5.69 Å². The van der Waals surface area contributed by atoms with Crippen LogP contribution in [0.3, 0.4) is 0 Å². The van der Waals surface area contributed by atoms with Crippen molar-refractivity contribution < 1.29 is 14.4 Å². The third kappa shape index (κ3) is 2.62. The molecule has 0 radical (unpaired) electrons. The molecule has 0 saturated heterocycles. The summed E-state index contributed by atoms with van der Waals surface area (Å²) in [6.45, 7) is 0. The topological polar surface area (TPSA) is 63.3 Å². The largest absolute Gasteiger partial charge is 0.475 e. The summed E-state index contributed by atoms with van der Waals surface area (Å²) in [5.74, 6) is -1.33. The van der Waals surface area contributed by atoms with Crippen molar-refractivity contribution in [3.05, 3.63) is 35.0 Å². The zero-order valence-electron chi connectivity index (χ0n) is 8.81. The maximum Gasteiger partial charge on any atom is 0.374 e. The fourth-order valence-corrected chi connectivity index (χ4v) is 2.13. The number of thioether (sulfide) groups is 1. The highest BCUT2D eigenvalue weighted by atomic mass is 35.5. The van der Waals surface area contributed by atoms with Crippen LogP contribution in [0.15, 0.2) is 33.7 Å². The Morgan fingerprint density at radius 1 is 1.41 bits per heavy atom. The first-order valence-electron chi connectivity index (χ1n) is 4.65. The van der Waals surface area contributed by atoms with Crippen LogP contribution < -0.4 is 0 Å². The first-order valence-corrected chi connectivity index (χ1v) is 6.25. The minimum absolute atomic E-state index is 0.189. The van der Waals surface area contributed by atoms with E-state index in [-0.39, 0.29) is 5.76 Å². The Bertz CT molecular complexity index is 568. The molecular weight excluding hydrogens is 262 g/mol. The Morgan fingerprint density at radius 3 is 2.76 bits per heavy atom. The average molecular weight is 270 g/mol. The van der Waals surface area contributed by atoms with Gasteiger partial charge < -0.3 is 9.63 Å². The van der Waals surface area contributed by atoms with E-state index in [0.29, 0.717) is 10.7 Å². The first-order chi connectivity index (χ1) is 8.10. The number of carbonyl (C=O) groups is 1. The van der Waals surface area contributed by atoms with E-state index >= 15 is 0 Å². The molecule has 0 bridgehead atoms. The number of hydrogen-bond acceptors (Lipinski definition) is 4. The lowest BCUT2D eigenvalue weighted by Gasteiger charge is -2.01. The monoisotopic (exact) mass is 269 g/mol. The van der Waals surface area contributed by atoms with Crippen molar-refractivity contribution in [1.82, 2.24) is 5.16 Å². The molecule has 0 spiro atoms. The van der Waals surface area contributed by atoms with Crippen molar-refractivity contribution in [1.29, 1.82) is 0 Å². The quantitative estimate of drug-likeness (QED) is 0.865. The van der Waals surface area contributed by atoms with Crippen LogP contribution >= 0.6 is 23.4 Å². The van der Waals surface area contributed by atoms with Gasteiger partial charge >= 0.3 is 5.97 Å². The van der Waals surface area contributed by atoms with Crippen LogP contribution in [0.5, 0.6) is 0 Å². The maximum atomic E-state index is 10.7. The second-order valence-corrected chi connectivity index (χ2v) is 4.58. The highest BCUT2D eigenvalue weighted by Crippen LogP contribution is 2.28. The zero-order chi connectivity index (χ0) is 12.4. The van der Waals surface area contributed by atoms with Crippen molar-refractivity contribution in [2.24, 2.45) is 0 Å². The third-order valence-corrected chi connectivity index (χ3v) is 3.05. The van der Waals surface area contributed by atoms with Gasteiger partial charge in [0.2, 0.25) is 5.76 Å². The average Bonchev–Trinajstić information content (AvgIpc) is 2.77. The van der Waals surface area contributed by atoms with Crippen molar-refractivity contribution in [3.8, 4) is 11.3 Å². The summed E-state index contributed by atoms with van der Waals surface area (Å²) in [5.41, 5.74) is 1.19. The van der Waals surface area contributed by atoms with E-state index in [9.17, 15) is 4.79 Å². The number of carboxylic acid groups (broad SMARTS) is 1. The van der Waals surface area contributed by atoms with E-state index in [1.807, 2.05) is 18.4 Å². The minimum atomic E-state index is -1.14. The summed E-state index contributed by atoms with van der Waals surface area (Å²) in [5, 5.41) is 13.0. The first kappa shape index (κ1) is 12.0. The van der Waals surface area contributed by atoms with E-state index in [1.165, 1.54) is 6.07 Å². The van der Waals surface area contributed by atoms with Gasteiger partial charge in [-0.1, -0.05) is 16.8 Å². The lowest BCUT2D eigenvalue weighted by Crippen LogP contribution is -1.91. The normalized spacial score (nSPS) is 10.5. The molecule has 0 amide bonds. The van der Waals surface area contributed by atoms with Crippen LogP contribution in [0.1, 0.15) is 10.6 Å². The predicted molar refractivity (Wildman–Crippen MR) is 65.7 cm³/mol. The lowest BCUT2D eigenvalue weighted by atomic mass is 10.1. The standard InChI is InChI=1S/C11H8ClNO3S/c1-17-8-3-6(2-7(12)4-8)9-5-10(11(14)15)16-13-9/h2-5H,1H3,(H,14,15). The van der Waals surface area contributed by atoms with E-state index in [1.54, 1.807) is 17.8 Å². The van der Waals surface area contributed by atoms with E-state index in [4.69, 9.17) is 21.2 Å². The summed E-state index contributed by atoms with van der Waals surface area (Å²) in [6.07, 6.45) is 1.93. The molecule has 2 rings (SSSR count). The van der Waals surface area contributed by atoms with Gasteiger partial charge in [0.15, 0.2) is 0 Å². The molecular formula is C11H8ClNO3S. The second kappa shape index (κ2) is 4.81. The molecule has 0 aliphatic carbocycles. The summed E-state index contributed by atoms with van der Waals surface area (Å²) >= 11 is 7.51. The number of aromatic nitrogens is 1. The number of nitrogens with zero attached hydrogens (tertiary/aromatic N) is 1. The summed E-state index contributed by atoms with van der Waals surface area (Å²) in [7, 11) is 0. The molecule has 2 aromatic rings. The highest BCUT2D eigenvalue weighted by molar-refractivity contribution is 7.98. The summed E-state index contributed by atoms with van der Waals surface area (Å²) in [6, 6.07) is 6.79. The molecule has 0 aliphatic heterocycles. The Balaban J connectivity index is 2.44. The van der Waals surface area contributed by atoms with Gasteiger partial charge in [-0.2, -0.15) is 0 Å². The number of aromatic carboxylic acids is 1. The molecule has 1 aromatic carbocycles. The van der Waals surface area contributed by atoms with Crippen molar-refractivity contribution in [2.75, 3.05) is 6.26 Å². The summed E-state index contributed by atoms with van der Waals surface area (Å²) in [4.78, 5) is 11.7. The summed E-state index contributed by atoms with van der Waals surface area (Å²) < 4.78 is 4.69. The molecule has 1 heterocycles. The van der Waals surface area contributed by atoms with Gasteiger partial charge in [-0.15, -0.1) is 11.8 Å². The molecule has 0 unspecified atom stereocenters. The van der Waals surface area contributed by atoms with E-state index in [0.717, 1.165) is 10.5 Å². The van der Waals surface area contributed by atoms with Gasteiger partial charge in [0.25, 0.3) is 0 Å². The molecule has 1 aromatic heterocycles. The fraction of sp³-hybridized carbons (Fsp3) is 0.0909. The Hall–Kier alpha value is -1.46. The highest BCUT2D eigenvalue weighted by Gasteiger charge is 2.13. The minimum Gasteiger partial charge on any atom is -0.475 e. The number of carboxylic acids is 1.